The highest BCUT2D eigenvalue weighted by Crippen LogP contribution is 2.12. The molecule has 0 aromatic carbocycles. The van der Waals surface area contributed by atoms with Crippen molar-refractivity contribution in [3.63, 3.8) is 0 Å². The Balaban J connectivity index is 0. The average Bonchev–Trinajstić information content (AvgIpc) is 2.26. The number of hydrogen-bond donors (Lipinski definition) is 1. The molecule has 0 fully saturated rings. The molecule has 0 unspecified atom stereocenters. The summed E-state index contributed by atoms with van der Waals surface area (Å²) in [6.07, 6.45) is 0.115. The first-order valence-corrected chi connectivity index (χ1v) is 11.4. The van der Waals surface area contributed by atoms with Crippen molar-refractivity contribution in [1.29, 1.82) is 0 Å². The minimum absolute atomic E-state index is 0.115. The summed E-state index contributed by atoms with van der Waals surface area (Å²) in [5.74, 6) is -0.808. The molecular formula is C10H26O5Si2. The second-order valence-corrected chi connectivity index (χ2v) is 13.0. The summed E-state index contributed by atoms with van der Waals surface area (Å²) in [5.41, 5.74) is 0. The standard InChI is InChI=1S/C6H14O4Si.C4H12OSi/c1-9-11(3,10-2)5-4-6(7)8;1-5-6(2,3)4/h4-5H2,1-3H3,(H,7,8);1-4H3. The molecule has 17 heavy (non-hydrogen) atoms. The van der Waals surface area contributed by atoms with Crippen LogP contribution in [0.2, 0.25) is 32.2 Å². The van der Waals surface area contributed by atoms with Crippen molar-refractivity contribution in [3.8, 4) is 0 Å². The zero-order chi connectivity index (χ0) is 14.1. The van der Waals surface area contributed by atoms with Crippen LogP contribution in [0.4, 0.5) is 0 Å². The Labute approximate surface area is 106 Å². The van der Waals surface area contributed by atoms with Crippen molar-refractivity contribution in [2.24, 2.45) is 0 Å². The molecule has 0 atom stereocenters. The second-order valence-electron chi connectivity index (χ2n) is 4.75. The van der Waals surface area contributed by atoms with Gasteiger partial charge in [0.2, 0.25) is 0 Å². The van der Waals surface area contributed by atoms with Crippen molar-refractivity contribution in [2.45, 2.75) is 38.7 Å². The van der Waals surface area contributed by atoms with Crippen LogP contribution in [0.1, 0.15) is 6.42 Å². The fourth-order valence-corrected chi connectivity index (χ4v) is 1.86. The number of carboxylic acid groups (broad SMARTS) is 1. The maximum absolute atomic E-state index is 10.2. The summed E-state index contributed by atoms with van der Waals surface area (Å²) in [7, 11) is 1.60. The fraction of sp³-hybridized carbons (Fsp3) is 0.900. The van der Waals surface area contributed by atoms with Gasteiger partial charge in [0.15, 0.2) is 8.32 Å². The molecule has 0 rings (SSSR count). The van der Waals surface area contributed by atoms with Crippen LogP contribution in [0.15, 0.2) is 0 Å². The number of rotatable bonds is 6. The zero-order valence-electron chi connectivity index (χ0n) is 12.0. The van der Waals surface area contributed by atoms with Crippen LogP contribution in [0.3, 0.4) is 0 Å². The smallest absolute Gasteiger partial charge is 0.334 e. The van der Waals surface area contributed by atoms with Crippen LogP contribution in [0.5, 0.6) is 0 Å². The van der Waals surface area contributed by atoms with Crippen molar-refractivity contribution in [1.82, 2.24) is 0 Å². The van der Waals surface area contributed by atoms with Crippen LogP contribution in [-0.4, -0.2) is 49.3 Å². The fourth-order valence-electron chi connectivity index (χ4n) is 0.621. The first-order chi connectivity index (χ1) is 7.60. The summed E-state index contributed by atoms with van der Waals surface area (Å²) in [5, 5.41) is 8.38. The minimum atomic E-state index is -2.14. The predicted octanol–water partition coefficient (Wildman–Crippen LogP) is 2.29. The molecule has 0 aromatic heterocycles. The van der Waals surface area contributed by atoms with Crippen LogP contribution in [0.25, 0.3) is 0 Å². The Hall–Kier alpha value is -0.216. The van der Waals surface area contributed by atoms with Crippen LogP contribution < -0.4 is 0 Å². The van der Waals surface area contributed by atoms with Crippen molar-refractivity contribution >= 4 is 22.8 Å². The Bertz CT molecular complexity index is 211. The molecule has 0 spiro atoms. The zero-order valence-corrected chi connectivity index (χ0v) is 14.0. The van der Waals surface area contributed by atoms with Gasteiger partial charge in [0.05, 0.1) is 0 Å². The van der Waals surface area contributed by atoms with Gasteiger partial charge in [0, 0.05) is 33.8 Å². The van der Waals surface area contributed by atoms with Gasteiger partial charge in [-0.05, 0) is 26.2 Å². The SMILES string of the molecule is CO[Si](C)(C)C.CO[Si](C)(CCC(=O)O)OC. The van der Waals surface area contributed by atoms with Gasteiger partial charge in [-0.15, -0.1) is 0 Å². The molecule has 7 heteroatoms. The van der Waals surface area contributed by atoms with Crippen molar-refractivity contribution < 1.29 is 23.2 Å². The Morgan fingerprint density at radius 2 is 1.35 bits per heavy atom. The van der Waals surface area contributed by atoms with Crippen LogP contribution in [-0.2, 0) is 18.1 Å². The first kappa shape index (κ1) is 19.1. The highest BCUT2D eigenvalue weighted by atomic mass is 28.4. The number of carboxylic acids is 1. The van der Waals surface area contributed by atoms with Crippen molar-refractivity contribution in [3.05, 3.63) is 0 Å². The summed E-state index contributed by atoms with van der Waals surface area (Å²) in [4.78, 5) is 10.2. The quantitative estimate of drug-likeness (QED) is 0.757. The molecular weight excluding hydrogens is 256 g/mol. The van der Waals surface area contributed by atoms with E-state index in [1.807, 2.05) is 6.55 Å². The Morgan fingerprint density at radius 3 is 1.53 bits per heavy atom. The maximum Gasteiger partial charge on any atom is 0.334 e. The largest absolute Gasteiger partial charge is 0.481 e. The third kappa shape index (κ3) is 13.7. The molecule has 0 amide bonds. The van der Waals surface area contributed by atoms with Gasteiger partial charge < -0.3 is 18.4 Å². The van der Waals surface area contributed by atoms with Gasteiger partial charge in [-0.25, -0.2) is 0 Å². The van der Waals surface area contributed by atoms with Gasteiger partial charge >= 0.3 is 14.5 Å². The van der Waals surface area contributed by atoms with E-state index in [2.05, 4.69) is 19.6 Å². The summed E-state index contributed by atoms with van der Waals surface area (Å²) >= 11 is 0. The Kier molecular flexibility index (Phi) is 9.92. The van der Waals surface area contributed by atoms with Gasteiger partial charge in [-0.1, -0.05) is 0 Å². The molecule has 0 heterocycles. The van der Waals surface area contributed by atoms with E-state index in [1.165, 1.54) is 0 Å². The molecule has 0 bridgehead atoms. The lowest BCUT2D eigenvalue weighted by molar-refractivity contribution is -0.136. The van der Waals surface area contributed by atoms with Gasteiger partial charge in [-0.2, -0.15) is 0 Å². The third-order valence-electron chi connectivity index (χ3n) is 2.27. The summed E-state index contributed by atoms with van der Waals surface area (Å²) in [6, 6.07) is 0.495. The molecule has 5 nitrogen and oxygen atoms in total. The van der Waals surface area contributed by atoms with Crippen LogP contribution in [0, 0.1) is 0 Å². The summed E-state index contributed by atoms with van der Waals surface area (Å²) < 4.78 is 15.3. The molecule has 0 saturated heterocycles. The molecule has 1 N–H and O–H groups in total. The minimum Gasteiger partial charge on any atom is -0.481 e. The van der Waals surface area contributed by atoms with Gasteiger partial charge in [0.25, 0.3) is 0 Å². The molecule has 0 aliphatic rings. The van der Waals surface area contributed by atoms with Crippen molar-refractivity contribution in [2.75, 3.05) is 21.3 Å². The van der Waals surface area contributed by atoms with E-state index < -0.39 is 22.8 Å². The lowest BCUT2D eigenvalue weighted by Crippen LogP contribution is -2.36. The van der Waals surface area contributed by atoms with E-state index in [1.54, 1.807) is 21.3 Å². The second kappa shape index (κ2) is 8.81. The Morgan fingerprint density at radius 1 is 1.00 bits per heavy atom. The molecule has 104 valence electrons. The average molecular weight is 282 g/mol. The first-order valence-electron chi connectivity index (χ1n) is 5.47. The molecule has 0 saturated carbocycles. The van der Waals surface area contributed by atoms with E-state index in [9.17, 15) is 4.79 Å². The maximum atomic E-state index is 10.2. The van der Waals surface area contributed by atoms with E-state index >= 15 is 0 Å². The van der Waals surface area contributed by atoms with E-state index in [-0.39, 0.29) is 6.42 Å². The molecule has 0 radical (unpaired) electrons. The number of hydrogen-bond acceptors (Lipinski definition) is 4. The molecule has 0 aliphatic carbocycles. The molecule has 0 aromatic rings. The monoisotopic (exact) mass is 282 g/mol. The van der Waals surface area contributed by atoms with Gasteiger partial charge in [0.1, 0.15) is 0 Å². The predicted molar refractivity (Wildman–Crippen MR) is 73.1 cm³/mol. The summed E-state index contributed by atoms with van der Waals surface area (Å²) in [6.45, 7) is 8.32. The number of aliphatic carboxylic acids is 1. The highest BCUT2D eigenvalue weighted by Gasteiger charge is 2.28. The lowest BCUT2D eigenvalue weighted by atomic mass is 10.5. The highest BCUT2D eigenvalue weighted by molar-refractivity contribution is 6.69. The normalized spacial score (nSPS) is 11.7. The van der Waals surface area contributed by atoms with E-state index in [0.29, 0.717) is 6.04 Å². The molecule has 0 aliphatic heterocycles. The van der Waals surface area contributed by atoms with Crippen LogP contribution >= 0.6 is 0 Å². The van der Waals surface area contributed by atoms with E-state index in [4.69, 9.17) is 18.4 Å². The topological polar surface area (TPSA) is 65.0 Å². The van der Waals surface area contributed by atoms with Gasteiger partial charge in [-0.3, -0.25) is 4.79 Å². The van der Waals surface area contributed by atoms with E-state index in [0.717, 1.165) is 0 Å². The number of carbonyl (C=O) groups is 1. The third-order valence-corrected chi connectivity index (χ3v) is 6.38. The lowest BCUT2D eigenvalue weighted by Gasteiger charge is -2.21.